The summed E-state index contributed by atoms with van der Waals surface area (Å²) in [7, 11) is 1.80. The third-order valence-corrected chi connectivity index (χ3v) is 4.61. The maximum Gasteiger partial charge on any atom is 0.236 e. The molecule has 0 aliphatic carbocycles. The van der Waals surface area contributed by atoms with Crippen LogP contribution in [-0.4, -0.2) is 46.9 Å². The molecule has 3 heterocycles. The summed E-state index contributed by atoms with van der Waals surface area (Å²) >= 11 is 0. The van der Waals surface area contributed by atoms with Gasteiger partial charge in [0.15, 0.2) is 0 Å². The summed E-state index contributed by atoms with van der Waals surface area (Å²) in [5, 5.41) is 9.85. The Morgan fingerprint density at radius 3 is 3.30 bits per heavy atom. The number of carbonyl (C=O) groups excluding carboxylic acids is 1. The number of aromatic amines is 1. The van der Waals surface area contributed by atoms with Crippen LogP contribution in [0.1, 0.15) is 25.7 Å². The van der Waals surface area contributed by atoms with Crippen LogP contribution in [0.15, 0.2) is 29.5 Å². The second kappa shape index (κ2) is 6.69. The predicted molar refractivity (Wildman–Crippen MR) is 86.3 cm³/mol. The molecule has 120 valence electrons. The topological polar surface area (TPSA) is 75.5 Å². The summed E-state index contributed by atoms with van der Waals surface area (Å²) in [6, 6.07) is 4.18. The first kappa shape index (κ1) is 15.3. The Balaban J connectivity index is 1.83. The van der Waals surface area contributed by atoms with Gasteiger partial charge in [-0.2, -0.15) is 5.26 Å². The lowest BCUT2D eigenvalue weighted by atomic mass is 10.1. The van der Waals surface area contributed by atoms with Gasteiger partial charge in [-0.15, -0.1) is 0 Å². The maximum absolute atomic E-state index is 11.9. The molecule has 0 bridgehead atoms. The molecule has 1 unspecified atom stereocenters. The highest BCUT2D eigenvalue weighted by Crippen LogP contribution is 2.22. The average molecular weight is 311 g/mol. The molecule has 1 aromatic rings. The number of fused-ring (bicyclic) bond motifs is 1. The number of aromatic nitrogens is 1. The average Bonchev–Trinajstić information content (AvgIpc) is 3.17. The fraction of sp³-hybridized carbons (Fsp3) is 0.471. The van der Waals surface area contributed by atoms with E-state index in [2.05, 4.69) is 27.0 Å². The van der Waals surface area contributed by atoms with Crippen LogP contribution in [0.4, 0.5) is 0 Å². The lowest BCUT2D eigenvalue weighted by Crippen LogP contribution is -2.39. The van der Waals surface area contributed by atoms with E-state index in [9.17, 15) is 4.79 Å². The lowest BCUT2D eigenvalue weighted by Gasteiger charge is -2.26. The van der Waals surface area contributed by atoms with Crippen molar-refractivity contribution in [1.29, 1.82) is 5.26 Å². The highest BCUT2D eigenvalue weighted by molar-refractivity contribution is 5.78. The van der Waals surface area contributed by atoms with Crippen LogP contribution in [0, 0.1) is 11.3 Å². The van der Waals surface area contributed by atoms with Gasteiger partial charge in [-0.1, -0.05) is 6.08 Å². The minimum Gasteiger partial charge on any atom is -0.372 e. The van der Waals surface area contributed by atoms with E-state index < -0.39 is 0 Å². The summed E-state index contributed by atoms with van der Waals surface area (Å²) in [5.74, 6) is -0.0951. The van der Waals surface area contributed by atoms with Crippen LogP contribution in [-0.2, 0) is 4.79 Å². The first-order valence-electron chi connectivity index (χ1n) is 7.97. The Morgan fingerprint density at radius 1 is 1.61 bits per heavy atom. The summed E-state index contributed by atoms with van der Waals surface area (Å²) < 4.78 is 0. The van der Waals surface area contributed by atoms with Crippen LogP contribution in [0.25, 0.3) is 5.70 Å². The van der Waals surface area contributed by atoms with Gasteiger partial charge in [-0.3, -0.25) is 4.79 Å². The van der Waals surface area contributed by atoms with E-state index in [1.165, 1.54) is 5.70 Å². The number of hydrogen-bond acceptors (Lipinski definition) is 4. The largest absolute Gasteiger partial charge is 0.372 e. The SMILES string of the molecule is CN(C(=O)CC#N)C1CCN(C2=c3cc[nH]c3=NC=CCC2)C1. The zero-order chi connectivity index (χ0) is 16.2. The van der Waals surface area contributed by atoms with Gasteiger partial charge in [0.25, 0.3) is 0 Å². The second-order valence-corrected chi connectivity index (χ2v) is 5.97. The molecular formula is C17H21N5O. The molecule has 0 aromatic carbocycles. The van der Waals surface area contributed by atoms with E-state index in [1.54, 1.807) is 11.9 Å². The van der Waals surface area contributed by atoms with E-state index >= 15 is 0 Å². The van der Waals surface area contributed by atoms with Crippen LogP contribution in [0.5, 0.6) is 0 Å². The van der Waals surface area contributed by atoms with E-state index in [1.807, 2.05) is 18.5 Å². The molecule has 0 radical (unpaired) electrons. The molecule has 6 heteroatoms. The number of nitrogens with one attached hydrogen (secondary N) is 1. The van der Waals surface area contributed by atoms with Crippen molar-refractivity contribution in [2.24, 2.45) is 4.99 Å². The van der Waals surface area contributed by atoms with Crippen LogP contribution >= 0.6 is 0 Å². The number of nitriles is 1. The Bertz CT molecular complexity index is 770. The van der Waals surface area contributed by atoms with E-state index in [0.717, 1.165) is 43.1 Å². The van der Waals surface area contributed by atoms with Crippen molar-refractivity contribution in [3.8, 4) is 6.07 Å². The van der Waals surface area contributed by atoms with Crippen molar-refractivity contribution in [2.45, 2.75) is 31.7 Å². The molecule has 1 N–H and O–H groups in total. The van der Waals surface area contributed by atoms with Gasteiger partial charge in [0.1, 0.15) is 11.9 Å². The van der Waals surface area contributed by atoms with Crippen molar-refractivity contribution < 1.29 is 4.79 Å². The fourth-order valence-electron chi connectivity index (χ4n) is 3.28. The Labute approximate surface area is 135 Å². The van der Waals surface area contributed by atoms with Crippen LogP contribution in [0.3, 0.4) is 0 Å². The number of nitrogens with zero attached hydrogens (tertiary/aromatic N) is 4. The van der Waals surface area contributed by atoms with Crippen LogP contribution < -0.4 is 10.7 Å². The first-order valence-corrected chi connectivity index (χ1v) is 7.97. The van der Waals surface area contributed by atoms with Crippen molar-refractivity contribution >= 4 is 11.6 Å². The first-order chi connectivity index (χ1) is 11.2. The van der Waals surface area contributed by atoms with Gasteiger partial charge < -0.3 is 14.8 Å². The minimum absolute atomic E-state index is 0.0464. The maximum atomic E-state index is 11.9. The van der Waals surface area contributed by atoms with Crippen molar-refractivity contribution in [1.82, 2.24) is 14.8 Å². The molecule has 1 saturated heterocycles. The number of H-pyrrole nitrogens is 1. The number of likely N-dealkylation sites (N-methyl/N-ethyl adjacent to an activating group) is 1. The quantitative estimate of drug-likeness (QED) is 0.883. The molecule has 2 aliphatic rings. The molecule has 3 rings (SSSR count). The lowest BCUT2D eigenvalue weighted by molar-refractivity contribution is -0.130. The Kier molecular flexibility index (Phi) is 4.47. The van der Waals surface area contributed by atoms with Crippen molar-refractivity contribution in [2.75, 3.05) is 20.1 Å². The molecular weight excluding hydrogens is 290 g/mol. The highest BCUT2D eigenvalue weighted by Gasteiger charge is 2.29. The number of likely N-dealkylation sites (tertiary alicyclic amines) is 1. The van der Waals surface area contributed by atoms with E-state index in [-0.39, 0.29) is 18.4 Å². The smallest absolute Gasteiger partial charge is 0.236 e. The third-order valence-electron chi connectivity index (χ3n) is 4.61. The van der Waals surface area contributed by atoms with Crippen molar-refractivity contribution in [3.05, 3.63) is 35.2 Å². The van der Waals surface area contributed by atoms with Crippen molar-refractivity contribution in [3.63, 3.8) is 0 Å². The molecule has 1 amide bonds. The molecule has 1 fully saturated rings. The van der Waals surface area contributed by atoms with E-state index in [4.69, 9.17) is 5.26 Å². The van der Waals surface area contributed by atoms with Gasteiger partial charge in [0.05, 0.1) is 12.1 Å². The second-order valence-electron chi connectivity index (χ2n) is 5.97. The number of carbonyl (C=O) groups is 1. The monoisotopic (exact) mass is 311 g/mol. The number of rotatable bonds is 3. The van der Waals surface area contributed by atoms with Gasteiger partial charge in [0, 0.05) is 43.4 Å². The Morgan fingerprint density at radius 2 is 2.48 bits per heavy atom. The Hall–Kier alpha value is -2.55. The normalized spacial score (nSPS) is 20.3. The molecule has 1 atom stereocenters. The molecule has 0 spiro atoms. The van der Waals surface area contributed by atoms with Crippen LogP contribution in [0.2, 0.25) is 0 Å². The molecule has 0 saturated carbocycles. The zero-order valence-electron chi connectivity index (χ0n) is 13.3. The number of allylic oxidation sites excluding steroid dienone is 1. The molecule has 1 aromatic heterocycles. The summed E-state index contributed by atoms with van der Waals surface area (Å²) in [5.41, 5.74) is 2.19. The molecule has 6 nitrogen and oxygen atoms in total. The van der Waals surface area contributed by atoms with E-state index in [0.29, 0.717) is 0 Å². The molecule has 23 heavy (non-hydrogen) atoms. The summed E-state index contributed by atoms with van der Waals surface area (Å²) in [6.45, 7) is 1.75. The summed E-state index contributed by atoms with van der Waals surface area (Å²) in [4.78, 5) is 23.6. The van der Waals surface area contributed by atoms with Gasteiger partial charge in [-0.05, 0) is 25.3 Å². The zero-order valence-corrected chi connectivity index (χ0v) is 13.3. The predicted octanol–water partition coefficient (Wildman–Crippen LogP) is 0.496. The number of hydrogen-bond donors (Lipinski definition) is 1. The van der Waals surface area contributed by atoms with Gasteiger partial charge in [-0.25, -0.2) is 4.99 Å². The molecule has 2 aliphatic heterocycles. The van der Waals surface area contributed by atoms with Gasteiger partial charge >= 0.3 is 0 Å². The summed E-state index contributed by atoms with van der Waals surface area (Å²) in [6.07, 6.45) is 8.68. The standard InChI is InChI=1S/C17H21N5O/c1-21(16(23)5-8-18)13-7-11-22(12-13)15-4-2-3-9-19-17-14(15)6-10-20-17/h3,6,9-10,13H,2,4-5,7,11-12H2,1H3,(H,19,20). The number of amides is 1. The third kappa shape index (κ3) is 3.14. The fourth-order valence-corrected chi connectivity index (χ4v) is 3.28. The highest BCUT2D eigenvalue weighted by atomic mass is 16.2. The van der Waals surface area contributed by atoms with Gasteiger partial charge in [0.2, 0.25) is 5.91 Å². The minimum atomic E-state index is -0.0951.